The molecule has 1 aliphatic heterocycles. The van der Waals surface area contributed by atoms with Gasteiger partial charge in [-0.25, -0.2) is 0 Å². The summed E-state index contributed by atoms with van der Waals surface area (Å²) in [5.74, 6) is -0.0739. The molecule has 0 spiro atoms. The van der Waals surface area contributed by atoms with Gasteiger partial charge in [-0.1, -0.05) is 28.1 Å². The first-order chi connectivity index (χ1) is 12.9. The van der Waals surface area contributed by atoms with Crippen molar-refractivity contribution in [2.24, 2.45) is 0 Å². The molecular formula is C21H26BrN3O2. The number of carbonyl (C=O) groups excluding carboxylic acids is 1. The third-order valence-electron chi connectivity index (χ3n) is 4.66. The molecule has 5 nitrogen and oxygen atoms in total. The Morgan fingerprint density at radius 3 is 2.67 bits per heavy atom. The van der Waals surface area contributed by atoms with E-state index >= 15 is 0 Å². The average molecular weight is 432 g/mol. The molecule has 1 N–H and O–H groups in total. The smallest absolute Gasteiger partial charge is 0.253 e. The zero-order valence-corrected chi connectivity index (χ0v) is 17.6. The van der Waals surface area contributed by atoms with Crippen LogP contribution >= 0.6 is 15.9 Å². The maximum absolute atomic E-state index is 12.5. The van der Waals surface area contributed by atoms with Crippen molar-refractivity contribution in [2.45, 2.75) is 33.0 Å². The first-order valence-electron chi connectivity index (χ1n) is 9.32. The van der Waals surface area contributed by atoms with E-state index in [4.69, 9.17) is 4.74 Å². The highest BCUT2D eigenvalue weighted by atomic mass is 79.9. The zero-order chi connectivity index (χ0) is 19.4. The molecule has 6 heteroatoms. The number of aryl methyl sites for hydroxylation is 1. The number of ether oxygens (including phenoxy) is 1. The highest BCUT2D eigenvalue weighted by Gasteiger charge is 2.21. The van der Waals surface area contributed by atoms with Crippen LogP contribution in [0.5, 0.6) is 0 Å². The average Bonchev–Trinajstić information content (AvgIpc) is 2.60. The normalized spacial score (nSPS) is 20.4. The van der Waals surface area contributed by atoms with Gasteiger partial charge in [0.15, 0.2) is 0 Å². The minimum absolute atomic E-state index is 0.0739. The standard InChI is InChI=1S/C21H26BrN3O2/c1-14-12-25(13-15(2)27-14)10-9-23-21(26)19-7-8-20(24-16(19)3)17-5-4-6-18(22)11-17/h4-8,11,14-15H,9-10,12-13H2,1-3H3,(H,23,26). The molecule has 0 radical (unpaired) electrons. The first-order valence-corrected chi connectivity index (χ1v) is 10.1. The Balaban J connectivity index is 1.58. The van der Waals surface area contributed by atoms with E-state index in [1.165, 1.54) is 0 Å². The number of nitrogens with one attached hydrogen (secondary N) is 1. The number of amides is 1. The molecule has 1 aromatic heterocycles. The molecule has 0 bridgehead atoms. The monoisotopic (exact) mass is 431 g/mol. The van der Waals surface area contributed by atoms with Crippen LogP contribution in [0.25, 0.3) is 11.3 Å². The van der Waals surface area contributed by atoms with Crippen molar-refractivity contribution in [3.05, 3.63) is 52.1 Å². The number of rotatable bonds is 5. The summed E-state index contributed by atoms with van der Waals surface area (Å²) in [5.41, 5.74) is 3.24. The van der Waals surface area contributed by atoms with E-state index in [0.29, 0.717) is 12.1 Å². The van der Waals surface area contributed by atoms with Gasteiger partial charge in [-0.15, -0.1) is 0 Å². The van der Waals surface area contributed by atoms with Crippen LogP contribution in [-0.2, 0) is 4.74 Å². The predicted octanol–water partition coefficient (Wildman–Crippen LogP) is 3.66. The van der Waals surface area contributed by atoms with Gasteiger partial charge in [0.2, 0.25) is 0 Å². The molecule has 0 aliphatic carbocycles. The number of hydrogen-bond donors (Lipinski definition) is 1. The van der Waals surface area contributed by atoms with E-state index in [9.17, 15) is 4.79 Å². The minimum Gasteiger partial charge on any atom is -0.373 e. The molecule has 1 aromatic carbocycles. The highest BCUT2D eigenvalue weighted by molar-refractivity contribution is 9.10. The van der Waals surface area contributed by atoms with E-state index in [2.05, 4.69) is 45.0 Å². The van der Waals surface area contributed by atoms with E-state index in [1.807, 2.05) is 43.3 Å². The van der Waals surface area contributed by atoms with Crippen LogP contribution in [0.3, 0.4) is 0 Å². The quantitative estimate of drug-likeness (QED) is 0.784. The Bertz CT molecular complexity index is 802. The number of aromatic nitrogens is 1. The second-order valence-corrected chi connectivity index (χ2v) is 8.03. The van der Waals surface area contributed by atoms with Gasteiger partial charge in [0.1, 0.15) is 0 Å². The summed E-state index contributed by atoms with van der Waals surface area (Å²) < 4.78 is 6.75. The number of benzene rings is 1. The van der Waals surface area contributed by atoms with Gasteiger partial charge in [0, 0.05) is 36.2 Å². The highest BCUT2D eigenvalue weighted by Crippen LogP contribution is 2.22. The summed E-state index contributed by atoms with van der Waals surface area (Å²) in [6.45, 7) is 9.30. The van der Waals surface area contributed by atoms with Crippen LogP contribution in [0, 0.1) is 6.92 Å². The molecule has 2 heterocycles. The number of halogens is 1. The molecular weight excluding hydrogens is 406 g/mol. The van der Waals surface area contributed by atoms with Crippen LogP contribution in [-0.4, -0.2) is 54.2 Å². The lowest BCUT2D eigenvalue weighted by atomic mass is 10.1. The molecule has 2 aromatic rings. The van der Waals surface area contributed by atoms with Crippen molar-refractivity contribution < 1.29 is 9.53 Å². The summed E-state index contributed by atoms with van der Waals surface area (Å²) in [6, 6.07) is 11.7. The van der Waals surface area contributed by atoms with Crippen LogP contribution in [0.4, 0.5) is 0 Å². The van der Waals surface area contributed by atoms with Crippen LogP contribution in [0.15, 0.2) is 40.9 Å². The van der Waals surface area contributed by atoms with Gasteiger partial charge >= 0.3 is 0 Å². The fraction of sp³-hybridized carbons (Fsp3) is 0.429. The molecule has 2 unspecified atom stereocenters. The maximum atomic E-state index is 12.5. The summed E-state index contributed by atoms with van der Waals surface area (Å²) in [6.07, 6.45) is 0.475. The molecule has 27 heavy (non-hydrogen) atoms. The molecule has 1 fully saturated rings. The van der Waals surface area contributed by atoms with E-state index in [1.54, 1.807) is 0 Å². The Hall–Kier alpha value is -1.76. The van der Waals surface area contributed by atoms with Crippen molar-refractivity contribution in [3.8, 4) is 11.3 Å². The van der Waals surface area contributed by atoms with Crippen molar-refractivity contribution in [1.82, 2.24) is 15.2 Å². The number of pyridine rings is 1. The van der Waals surface area contributed by atoms with E-state index in [0.717, 1.165) is 41.1 Å². The van der Waals surface area contributed by atoms with Crippen molar-refractivity contribution in [3.63, 3.8) is 0 Å². The number of nitrogens with zero attached hydrogens (tertiary/aromatic N) is 2. The largest absolute Gasteiger partial charge is 0.373 e. The van der Waals surface area contributed by atoms with Gasteiger partial charge in [-0.05, 0) is 45.0 Å². The summed E-state index contributed by atoms with van der Waals surface area (Å²) in [4.78, 5) is 19.5. The van der Waals surface area contributed by atoms with Crippen LogP contribution in [0.1, 0.15) is 29.9 Å². The third-order valence-corrected chi connectivity index (χ3v) is 5.15. The van der Waals surface area contributed by atoms with Gasteiger partial charge in [0.05, 0.1) is 29.2 Å². The fourth-order valence-corrected chi connectivity index (χ4v) is 3.90. The predicted molar refractivity (Wildman–Crippen MR) is 111 cm³/mol. The minimum atomic E-state index is -0.0739. The van der Waals surface area contributed by atoms with Gasteiger partial charge in [-0.2, -0.15) is 0 Å². The molecule has 1 amide bonds. The maximum Gasteiger partial charge on any atom is 0.253 e. The van der Waals surface area contributed by atoms with Gasteiger partial charge in [-0.3, -0.25) is 14.7 Å². The molecule has 144 valence electrons. The molecule has 3 rings (SSSR count). The first kappa shape index (κ1) is 20.0. The van der Waals surface area contributed by atoms with E-state index < -0.39 is 0 Å². The lowest BCUT2D eigenvalue weighted by molar-refractivity contribution is -0.0672. The molecule has 1 aliphatic rings. The number of carbonyl (C=O) groups is 1. The molecule has 0 saturated carbocycles. The van der Waals surface area contributed by atoms with Crippen LogP contribution < -0.4 is 5.32 Å². The molecule has 2 atom stereocenters. The number of hydrogen-bond acceptors (Lipinski definition) is 4. The summed E-state index contributed by atoms with van der Waals surface area (Å²) in [5, 5.41) is 3.02. The Labute approximate surface area is 169 Å². The third kappa shape index (κ3) is 5.37. The Morgan fingerprint density at radius 2 is 2.00 bits per heavy atom. The van der Waals surface area contributed by atoms with E-state index in [-0.39, 0.29) is 18.1 Å². The van der Waals surface area contributed by atoms with Crippen molar-refractivity contribution in [2.75, 3.05) is 26.2 Å². The lowest BCUT2D eigenvalue weighted by Crippen LogP contribution is -2.47. The van der Waals surface area contributed by atoms with Gasteiger partial charge < -0.3 is 10.1 Å². The summed E-state index contributed by atoms with van der Waals surface area (Å²) in [7, 11) is 0. The second kappa shape index (κ2) is 8.95. The SMILES string of the molecule is Cc1nc(-c2cccc(Br)c2)ccc1C(=O)NCCN1CC(C)OC(C)C1. The van der Waals surface area contributed by atoms with Crippen LogP contribution in [0.2, 0.25) is 0 Å². The van der Waals surface area contributed by atoms with Crippen molar-refractivity contribution in [1.29, 1.82) is 0 Å². The molecule has 1 saturated heterocycles. The topological polar surface area (TPSA) is 54.5 Å². The van der Waals surface area contributed by atoms with Crippen molar-refractivity contribution >= 4 is 21.8 Å². The fourth-order valence-electron chi connectivity index (χ4n) is 3.50. The summed E-state index contributed by atoms with van der Waals surface area (Å²) >= 11 is 3.48. The second-order valence-electron chi connectivity index (χ2n) is 7.11. The Kier molecular flexibility index (Phi) is 6.63. The zero-order valence-electron chi connectivity index (χ0n) is 16.0. The lowest BCUT2D eigenvalue weighted by Gasteiger charge is -2.35. The Morgan fingerprint density at radius 1 is 1.26 bits per heavy atom. The number of morpholine rings is 1. The van der Waals surface area contributed by atoms with Gasteiger partial charge in [0.25, 0.3) is 5.91 Å².